The van der Waals surface area contributed by atoms with Crippen LogP contribution in [0.5, 0.6) is 0 Å². The number of nitrogens with one attached hydrogen (secondary N) is 6. The summed E-state index contributed by atoms with van der Waals surface area (Å²) in [5.41, 5.74) is -5.86. The van der Waals surface area contributed by atoms with Crippen molar-refractivity contribution < 1.29 is 38.7 Å². The van der Waals surface area contributed by atoms with Crippen molar-refractivity contribution in [2.24, 2.45) is 0 Å². The molecule has 14 heteroatoms. The van der Waals surface area contributed by atoms with Crippen LogP contribution in [0, 0.1) is 0 Å². The van der Waals surface area contributed by atoms with Crippen molar-refractivity contribution in [1.82, 2.24) is 31.9 Å². The van der Waals surface area contributed by atoms with E-state index in [1.54, 1.807) is 0 Å². The van der Waals surface area contributed by atoms with Gasteiger partial charge in [0, 0.05) is 6.92 Å². The molecule has 0 radical (unpaired) electrons. The first-order chi connectivity index (χ1) is 16.9. The monoisotopic (exact) mass is 542 g/mol. The molecule has 0 saturated heterocycles. The number of rotatable bonds is 12. The lowest BCUT2D eigenvalue weighted by Crippen LogP contribution is -2.64. The van der Waals surface area contributed by atoms with Gasteiger partial charge in [-0.1, -0.05) is 0 Å². The number of hydrogen-bond acceptors (Lipinski definition) is 7. The number of carbonyl (C=O) groups is 7. The van der Waals surface area contributed by atoms with Crippen molar-refractivity contribution in [1.29, 1.82) is 0 Å². The van der Waals surface area contributed by atoms with E-state index in [0.29, 0.717) is 0 Å². The van der Waals surface area contributed by atoms with Crippen molar-refractivity contribution in [3.8, 4) is 0 Å². The lowest BCUT2D eigenvalue weighted by atomic mass is 9.99. The van der Waals surface area contributed by atoms with Gasteiger partial charge in [-0.3, -0.25) is 28.8 Å². The topological polar surface area (TPSA) is 212 Å². The van der Waals surface area contributed by atoms with Crippen LogP contribution in [0.25, 0.3) is 0 Å². The Morgan fingerprint density at radius 2 is 0.842 bits per heavy atom. The van der Waals surface area contributed by atoms with Crippen LogP contribution in [0.1, 0.15) is 76.2 Å². The minimum absolute atomic E-state index is 0.425. The molecule has 0 unspecified atom stereocenters. The third kappa shape index (κ3) is 9.98. The molecule has 0 aromatic carbocycles. The minimum Gasteiger partial charge on any atom is -0.480 e. The molecule has 0 aromatic rings. The van der Waals surface area contributed by atoms with Crippen LogP contribution in [0.15, 0.2) is 0 Å². The highest BCUT2D eigenvalue weighted by Crippen LogP contribution is 2.10. The average Bonchev–Trinajstić information content (AvgIpc) is 2.71. The molecule has 0 rings (SSSR count). The molecular formula is C24H42N6O8. The molecule has 0 aliphatic heterocycles. The van der Waals surface area contributed by atoms with Gasteiger partial charge in [-0.25, -0.2) is 4.79 Å². The molecule has 0 aliphatic carbocycles. The largest absolute Gasteiger partial charge is 0.480 e. The summed E-state index contributed by atoms with van der Waals surface area (Å²) < 4.78 is 0. The normalized spacial score (nSPS) is 13.8. The second-order valence-corrected chi connectivity index (χ2v) is 11.3. The fraction of sp³-hybridized carbons (Fsp3) is 0.708. The van der Waals surface area contributed by atoms with Gasteiger partial charge in [0.25, 0.3) is 0 Å². The Morgan fingerprint density at radius 3 is 1.16 bits per heavy atom. The Hall–Kier alpha value is -3.71. The van der Waals surface area contributed by atoms with E-state index in [-0.39, 0.29) is 0 Å². The van der Waals surface area contributed by atoms with Crippen molar-refractivity contribution in [2.75, 3.05) is 0 Å². The zero-order chi connectivity index (χ0) is 30.4. The van der Waals surface area contributed by atoms with E-state index in [2.05, 4.69) is 31.9 Å². The van der Waals surface area contributed by atoms with Crippen LogP contribution in [-0.2, 0) is 33.6 Å². The van der Waals surface area contributed by atoms with Crippen molar-refractivity contribution in [3.63, 3.8) is 0 Å². The fourth-order valence-electron chi connectivity index (χ4n) is 2.82. The molecule has 14 nitrogen and oxygen atoms in total. The molecule has 0 aliphatic rings. The average molecular weight is 543 g/mol. The van der Waals surface area contributed by atoms with Gasteiger partial charge in [0.2, 0.25) is 35.4 Å². The molecule has 0 saturated carbocycles. The summed E-state index contributed by atoms with van der Waals surface area (Å²) in [4.78, 5) is 85.6. The smallest absolute Gasteiger partial charge is 0.328 e. The minimum atomic E-state index is -1.57. The van der Waals surface area contributed by atoms with Gasteiger partial charge < -0.3 is 37.0 Å². The van der Waals surface area contributed by atoms with Gasteiger partial charge in [-0.05, 0) is 69.2 Å². The molecule has 0 spiro atoms. The Labute approximate surface area is 222 Å². The Kier molecular flexibility index (Phi) is 11.0. The Bertz CT molecular complexity index is 986. The molecular weight excluding hydrogens is 500 g/mol. The summed E-state index contributed by atoms with van der Waals surface area (Å²) in [6.07, 6.45) is 0. The number of amides is 6. The molecule has 0 bridgehead atoms. The summed E-state index contributed by atoms with van der Waals surface area (Å²) >= 11 is 0. The van der Waals surface area contributed by atoms with Crippen LogP contribution < -0.4 is 31.9 Å². The Morgan fingerprint density at radius 1 is 0.526 bits per heavy atom. The van der Waals surface area contributed by atoms with Gasteiger partial charge in [0.05, 0.1) is 0 Å². The van der Waals surface area contributed by atoms with Gasteiger partial charge in [0.1, 0.15) is 34.2 Å². The number of carboxylic acids is 1. The molecule has 0 heterocycles. The van der Waals surface area contributed by atoms with E-state index in [1.807, 2.05) is 0 Å². The molecule has 7 N–H and O–H groups in total. The lowest BCUT2D eigenvalue weighted by molar-refractivity contribution is -0.147. The highest BCUT2D eigenvalue weighted by molar-refractivity contribution is 5.99. The second-order valence-electron chi connectivity index (χ2n) is 11.3. The molecule has 216 valence electrons. The van der Waals surface area contributed by atoms with Crippen molar-refractivity contribution >= 4 is 41.4 Å². The first-order valence-corrected chi connectivity index (χ1v) is 12.0. The summed E-state index contributed by atoms with van der Waals surface area (Å²) in [6, 6.07) is -2.19. The zero-order valence-electron chi connectivity index (χ0n) is 24.0. The van der Waals surface area contributed by atoms with Crippen LogP contribution in [0.3, 0.4) is 0 Å². The van der Waals surface area contributed by atoms with Crippen LogP contribution in [0.4, 0.5) is 0 Å². The maximum Gasteiger partial charge on any atom is 0.328 e. The molecule has 0 fully saturated rings. The SMILES string of the molecule is CC(=O)NC(C)(C)C(=O)N[C@@H](C)C(=O)NC(C)(C)C(=O)N[C@@H](C)C(=O)NC(C)(C)C(=O)NC(C)(C)C(=O)O. The number of hydrogen-bond donors (Lipinski definition) is 7. The number of carboxylic acid groups (broad SMARTS) is 1. The molecule has 2 atom stereocenters. The standard InChI is InChI=1S/C24H42N6O8/c1-12(25-17(34)21(4,5)27-14(3)31)15(32)28-22(6,7)18(35)26-13(2)16(33)29-23(8,9)19(36)30-24(10,11)20(37)38/h12-13H,1-11H3,(H,25,34)(H,26,35)(H,27,31)(H,28,32)(H,29,33)(H,30,36)(H,37,38)/t12-,13-/m0/s1. The highest BCUT2D eigenvalue weighted by atomic mass is 16.4. The van der Waals surface area contributed by atoms with E-state index in [1.165, 1.54) is 76.2 Å². The molecule has 38 heavy (non-hydrogen) atoms. The van der Waals surface area contributed by atoms with Gasteiger partial charge in [0.15, 0.2) is 0 Å². The number of carbonyl (C=O) groups excluding carboxylic acids is 6. The van der Waals surface area contributed by atoms with E-state index in [9.17, 15) is 38.7 Å². The van der Waals surface area contributed by atoms with E-state index in [4.69, 9.17) is 0 Å². The summed E-state index contributed by atoms with van der Waals surface area (Å²) in [5.74, 6) is -5.18. The predicted molar refractivity (Wildman–Crippen MR) is 137 cm³/mol. The first kappa shape index (κ1) is 34.3. The quantitative estimate of drug-likeness (QED) is 0.157. The first-order valence-electron chi connectivity index (χ1n) is 12.0. The summed E-state index contributed by atoms with van der Waals surface area (Å²) in [7, 11) is 0. The van der Waals surface area contributed by atoms with E-state index >= 15 is 0 Å². The predicted octanol–water partition coefficient (Wildman–Crippen LogP) is -1.32. The van der Waals surface area contributed by atoms with Crippen LogP contribution >= 0.6 is 0 Å². The van der Waals surface area contributed by atoms with Crippen molar-refractivity contribution in [3.05, 3.63) is 0 Å². The third-order valence-corrected chi connectivity index (χ3v) is 5.51. The molecule has 0 aromatic heterocycles. The Balaban J connectivity index is 5.17. The van der Waals surface area contributed by atoms with Gasteiger partial charge >= 0.3 is 5.97 Å². The number of aliphatic carboxylic acids is 1. The maximum absolute atomic E-state index is 12.8. The fourth-order valence-corrected chi connectivity index (χ4v) is 2.82. The molecule has 6 amide bonds. The van der Waals surface area contributed by atoms with E-state index < -0.39 is 75.7 Å². The second kappa shape index (κ2) is 12.2. The lowest BCUT2D eigenvalue weighted by Gasteiger charge is -2.32. The van der Waals surface area contributed by atoms with Crippen LogP contribution in [-0.4, -0.2) is 80.8 Å². The van der Waals surface area contributed by atoms with Crippen molar-refractivity contribution in [2.45, 2.75) is 110 Å². The zero-order valence-corrected chi connectivity index (χ0v) is 24.0. The third-order valence-electron chi connectivity index (χ3n) is 5.51. The van der Waals surface area contributed by atoms with E-state index in [0.717, 1.165) is 0 Å². The van der Waals surface area contributed by atoms with Gasteiger partial charge in [-0.15, -0.1) is 0 Å². The highest BCUT2D eigenvalue weighted by Gasteiger charge is 2.39. The maximum atomic E-state index is 12.8. The van der Waals surface area contributed by atoms with Gasteiger partial charge in [-0.2, -0.15) is 0 Å². The van der Waals surface area contributed by atoms with Crippen LogP contribution in [0.2, 0.25) is 0 Å². The summed E-state index contributed by atoms with van der Waals surface area (Å²) in [5, 5.41) is 23.9. The summed E-state index contributed by atoms with van der Waals surface area (Å²) in [6.45, 7) is 15.1.